The molecule has 0 amide bonds. The van der Waals surface area contributed by atoms with Crippen LogP contribution in [0.2, 0.25) is 0 Å². The van der Waals surface area contributed by atoms with Crippen molar-refractivity contribution in [3.05, 3.63) is 22.4 Å². The SMILES string of the molecule is O=C(O)c1nnc2cc(Br)cn(O)c1-2. The molecule has 0 atom stereocenters. The van der Waals surface area contributed by atoms with Crippen molar-refractivity contribution in [1.29, 1.82) is 0 Å². The maximum Gasteiger partial charge on any atom is 0.358 e. The van der Waals surface area contributed by atoms with Gasteiger partial charge in [-0.2, -0.15) is 4.73 Å². The molecule has 0 aromatic carbocycles. The van der Waals surface area contributed by atoms with Crippen molar-refractivity contribution in [3.8, 4) is 11.4 Å². The highest BCUT2D eigenvalue weighted by atomic mass is 79.9. The summed E-state index contributed by atoms with van der Waals surface area (Å²) >= 11 is 3.13. The highest BCUT2D eigenvalue weighted by molar-refractivity contribution is 9.10. The molecule has 0 radical (unpaired) electrons. The van der Waals surface area contributed by atoms with Crippen LogP contribution in [0.25, 0.3) is 11.4 Å². The third kappa shape index (κ3) is 1.22. The number of aromatic nitrogens is 3. The van der Waals surface area contributed by atoms with E-state index in [-0.39, 0.29) is 11.4 Å². The summed E-state index contributed by atoms with van der Waals surface area (Å²) in [4.78, 5) is 10.7. The van der Waals surface area contributed by atoms with Crippen LogP contribution < -0.4 is 0 Å². The molecule has 72 valence electrons. The van der Waals surface area contributed by atoms with Crippen molar-refractivity contribution >= 4 is 21.9 Å². The lowest BCUT2D eigenvalue weighted by molar-refractivity contribution is 0.0687. The number of aromatic carboxylic acids is 1. The van der Waals surface area contributed by atoms with Crippen LogP contribution in [0.5, 0.6) is 0 Å². The number of rotatable bonds is 1. The molecule has 2 N–H and O–H groups in total. The number of hydrogen-bond acceptors (Lipinski definition) is 4. The zero-order valence-electron chi connectivity index (χ0n) is 6.68. The molecule has 0 saturated carbocycles. The predicted octanol–water partition coefficient (Wildman–Crippen LogP) is 1.08. The number of carboxylic acids is 1. The van der Waals surface area contributed by atoms with Gasteiger partial charge in [0.25, 0.3) is 0 Å². The molecule has 7 heteroatoms. The Kier molecular flexibility index (Phi) is 1.88. The van der Waals surface area contributed by atoms with Gasteiger partial charge in [-0.05, 0) is 22.0 Å². The van der Waals surface area contributed by atoms with Crippen molar-refractivity contribution in [2.45, 2.75) is 0 Å². The third-order valence-corrected chi connectivity index (χ3v) is 2.11. The lowest BCUT2D eigenvalue weighted by atomic mass is 10.2. The van der Waals surface area contributed by atoms with E-state index in [1.54, 1.807) is 6.07 Å². The van der Waals surface area contributed by atoms with E-state index in [2.05, 4.69) is 26.1 Å². The Morgan fingerprint density at radius 2 is 2.21 bits per heavy atom. The summed E-state index contributed by atoms with van der Waals surface area (Å²) in [6.45, 7) is 0. The van der Waals surface area contributed by atoms with Crippen molar-refractivity contribution < 1.29 is 15.1 Å². The quantitative estimate of drug-likeness (QED) is 0.747. The predicted molar refractivity (Wildman–Crippen MR) is 48.5 cm³/mol. The van der Waals surface area contributed by atoms with Gasteiger partial charge in [0.2, 0.25) is 0 Å². The van der Waals surface area contributed by atoms with E-state index in [4.69, 9.17) is 5.11 Å². The summed E-state index contributed by atoms with van der Waals surface area (Å²) in [6, 6.07) is 1.57. The average Bonchev–Trinajstić information content (AvgIpc) is 2.47. The Morgan fingerprint density at radius 3 is 2.86 bits per heavy atom. The number of carbonyl (C=O) groups is 1. The molecule has 6 nitrogen and oxygen atoms in total. The zero-order chi connectivity index (χ0) is 10.3. The Bertz CT molecular complexity index is 482. The molecule has 14 heavy (non-hydrogen) atoms. The van der Waals surface area contributed by atoms with Gasteiger partial charge >= 0.3 is 5.97 Å². The Labute approximate surface area is 86.2 Å². The fraction of sp³-hybridized carbons (Fsp3) is 0. The van der Waals surface area contributed by atoms with Crippen LogP contribution in [-0.4, -0.2) is 31.2 Å². The number of fused-ring (bicyclic) bond motifs is 1. The van der Waals surface area contributed by atoms with Gasteiger partial charge in [-0.25, -0.2) is 4.79 Å². The van der Waals surface area contributed by atoms with Crippen molar-refractivity contribution in [1.82, 2.24) is 14.9 Å². The highest BCUT2D eigenvalue weighted by Crippen LogP contribution is 2.25. The largest absolute Gasteiger partial charge is 0.476 e. The smallest absolute Gasteiger partial charge is 0.358 e. The normalized spacial score (nSPS) is 10.6. The molecule has 0 aliphatic carbocycles. The molecular formula is C7H4BrN3O3. The molecule has 0 saturated heterocycles. The lowest BCUT2D eigenvalue weighted by Gasteiger charge is -2.04. The third-order valence-electron chi connectivity index (χ3n) is 1.68. The second-order valence-corrected chi connectivity index (χ2v) is 3.51. The topological polar surface area (TPSA) is 88.2 Å². The van der Waals surface area contributed by atoms with Crippen molar-refractivity contribution in [2.24, 2.45) is 0 Å². The van der Waals surface area contributed by atoms with E-state index in [1.165, 1.54) is 6.20 Å². The van der Waals surface area contributed by atoms with Gasteiger partial charge in [0.15, 0.2) is 5.69 Å². The molecular weight excluding hydrogens is 254 g/mol. The minimum atomic E-state index is -1.22. The molecule has 0 unspecified atom stereocenters. The first-order chi connectivity index (χ1) is 6.59. The van der Waals surface area contributed by atoms with E-state index in [1.807, 2.05) is 0 Å². The van der Waals surface area contributed by atoms with E-state index in [9.17, 15) is 10.0 Å². The number of pyridine rings is 1. The van der Waals surface area contributed by atoms with Crippen LogP contribution in [0.15, 0.2) is 16.7 Å². The van der Waals surface area contributed by atoms with E-state index < -0.39 is 5.97 Å². The van der Waals surface area contributed by atoms with Gasteiger partial charge in [-0.3, -0.25) is 0 Å². The molecule has 0 fully saturated rings. The van der Waals surface area contributed by atoms with Gasteiger partial charge in [0.1, 0.15) is 11.4 Å². The van der Waals surface area contributed by atoms with E-state index >= 15 is 0 Å². The van der Waals surface area contributed by atoms with Gasteiger partial charge in [0.05, 0.1) is 6.20 Å². The van der Waals surface area contributed by atoms with E-state index in [0.717, 1.165) is 0 Å². The summed E-state index contributed by atoms with van der Waals surface area (Å²) in [7, 11) is 0. The van der Waals surface area contributed by atoms with Crippen LogP contribution in [-0.2, 0) is 0 Å². The monoisotopic (exact) mass is 257 g/mol. The number of carboxylic acid groups (broad SMARTS) is 1. The molecule has 0 bridgehead atoms. The van der Waals surface area contributed by atoms with Gasteiger partial charge < -0.3 is 10.3 Å². The summed E-state index contributed by atoms with van der Waals surface area (Å²) in [6.07, 6.45) is 1.32. The summed E-state index contributed by atoms with van der Waals surface area (Å²) in [5.41, 5.74) is 0.134. The highest BCUT2D eigenvalue weighted by Gasteiger charge is 2.22. The standard InChI is InChI=1S/C7H4BrN3O3/c8-3-1-4-6(11(14)2-3)5(7(12)13)10-9-4/h1-2,14H,(H,12,13). The molecule has 0 spiro atoms. The minimum Gasteiger partial charge on any atom is -0.476 e. The Balaban J connectivity index is 2.76. The fourth-order valence-corrected chi connectivity index (χ4v) is 1.55. The summed E-state index contributed by atoms with van der Waals surface area (Å²) in [5.74, 6) is -1.22. The van der Waals surface area contributed by atoms with Gasteiger partial charge in [-0.15, -0.1) is 10.2 Å². The Morgan fingerprint density at radius 1 is 1.50 bits per heavy atom. The van der Waals surface area contributed by atoms with Crippen LogP contribution in [0.3, 0.4) is 0 Å². The first-order valence-electron chi connectivity index (χ1n) is 3.56. The number of nitrogens with zero attached hydrogens (tertiary/aromatic N) is 3. The maximum absolute atomic E-state index is 10.7. The maximum atomic E-state index is 10.7. The number of hydrogen-bond donors (Lipinski definition) is 2. The second kappa shape index (κ2) is 2.95. The van der Waals surface area contributed by atoms with Crippen LogP contribution in [0.1, 0.15) is 10.5 Å². The summed E-state index contributed by atoms with van der Waals surface area (Å²) < 4.78 is 1.27. The van der Waals surface area contributed by atoms with Crippen LogP contribution >= 0.6 is 15.9 Å². The van der Waals surface area contributed by atoms with Gasteiger partial charge in [0, 0.05) is 4.47 Å². The lowest BCUT2D eigenvalue weighted by Crippen LogP contribution is -2.05. The molecule has 2 aliphatic heterocycles. The zero-order valence-corrected chi connectivity index (χ0v) is 8.26. The minimum absolute atomic E-state index is 0.0840. The van der Waals surface area contributed by atoms with Gasteiger partial charge in [-0.1, -0.05) is 0 Å². The second-order valence-electron chi connectivity index (χ2n) is 2.59. The average molecular weight is 258 g/mol. The summed E-state index contributed by atoms with van der Waals surface area (Å²) in [5, 5.41) is 25.2. The molecule has 2 heterocycles. The number of halogens is 1. The first-order valence-corrected chi connectivity index (χ1v) is 4.35. The fourth-order valence-electron chi connectivity index (χ4n) is 1.14. The Hall–Kier alpha value is -1.63. The van der Waals surface area contributed by atoms with Crippen LogP contribution in [0.4, 0.5) is 0 Å². The van der Waals surface area contributed by atoms with Crippen LogP contribution in [0, 0.1) is 0 Å². The molecule has 2 aliphatic rings. The van der Waals surface area contributed by atoms with E-state index in [0.29, 0.717) is 14.9 Å². The molecule has 0 aromatic rings. The van der Waals surface area contributed by atoms with Crippen molar-refractivity contribution in [3.63, 3.8) is 0 Å². The van der Waals surface area contributed by atoms with Crippen molar-refractivity contribution in [2.75, 3.05) is 0 Å². The molecule has 2 rings (SSSR count). The molecule has 0 aromatic heterocycles. The first kappa shape index (κ1) is 8.95.